The van der Waals surface area contributed by atoms with Crippen molar-refractivity contribution in [1.29, 1.82) is 0 Å². The maximum Gasteiger partial charge on any atom is 0.211 e. The molecule has 0 bridgehead atoms. The molecule has 9 nitrogen and oxygen atoms in total. The van der Waals surface area contributed by atoms with Gasteiger partial charge in [-0.05, 0) is 25.7 Å². The molecule has 1 unspecified atom stereocenters. The molecule has 2 aliphatic rings. The lowest BCUT2D eigenvalue weighted by atomic mass is 9.82. The second-order valence-electron chi connectivity index (χ2n) is 7.43. The van der Waals surface area contributed by atoms with E-state index < -0.39 is 10.0 Å². The molecule has 148 valence electrons. The fraction of sp³-hybridized carbons (Fsp3) is 0.706. The summed E-state index contributed by atoms with van der Waals surface area (Å²) >= 11 is 0. The Morgan fingerprint density at radius 3 is 2.81 bits per heavy atom. The van der Waals surface area contributed by atoms with Gasteiger partial charge in [0.1, 0.15) is 11.8 Å². The quantitative estimate of drug-likeness (QED) is 0.829. The monoisotopic (exact) mass is 394 g/mol. The third-order valence-corrected chi connectivity index (χ3v) is 7.20. The molecule has 4 heterocycles. The summed E-state index contributed by atoms with van der Waals surface area (Å²) in [5.74, 6) is 0.867. The van der Waals surface area contributed by atoms with Gasteiger partial charge < -0.3 is 14.6 Å². The molecule has 0 amide bonds. The van der Waals surface area contributed by atoms with Crippen LogP contribution in [-0.4, -0.2) is 76.8 Å². The van der Waals surface area contributed by atoms with Crippen LogP contribution >= 0.6 is 0 Å². The van der Waals surface area contributed by atoms with Crippen LogP contribution in [-0.2, 0) is 14.8 Å². The number of sulfonamides is 1. The standard InChI is InChI=1S/C17H26N6O3S/c1-3-23(27(2,24)25)13-4-9-26-17(10-13)5-7-22(8-6-17)16-14-15(19-11-18-14)20-12-21-16/h11-13H,3-10H2,1-2H3,(H,18,19,20,21). The average Bonchev–Trinajstić information content (AvgIpc) is 3.11. The summed E-state index contributed by atoms with van der Waals surface area (Å²) in [5.41, 5.74) is 1.27. The first-order valence-corrected chi connectivity index (χ1v) is 11.3. The Balaban J connectivity index is 1.48. The smallest absolute Gasteiger partial charge is 0.211 e. The first-order chi connectivity index (χ1) is 12.9. The van der Waals surface area contributed by atoms with Crippen molar-refractivity contribution in [3.05, 3.63) is 12.7 Å². The molecule has 1 N–H and O–H groups in total. The Morgan fingerprint density at radius 2 is 2.11 bits per heavy atom. The minimum Gasteiger partial charge on any atom is -0.375 e. The number of H-pyrrole nitrogens is 1. The van der Waals surface area contributed by atoms with Crippen LogP contribution in [0.1, 0.15) is 32.6 Å². The number of hydrogen-bond acceptors (Lipinski definition) is 7. The van der Waals surface area contributed by atoms with E-state index in [1.807, 2.05) is 6.92 Å². The van der Waals surface area contributed by atoms with Crippen molar-refractivity contribution in [1.82, 2.24) is 24.2 Å². The zero-order valence-electron chi connectivity index (χ0n) is 15.8. The van der Waals surface area contributed by atoms with Gasteiger partial charge in [-0.25, -0.2) is 23.4 Å². The fourth-order valence-electron chi connectivity index (χ4n) is 4.48. The molecule has 0 saturated carbocycles. The first kappa shape index (κ1) is 18.6. The van der Waals surface area contributed by atoms with Crippen LogP contribution in [0.15, 0.2) is 12.7 Å². The number of ether oxygens (including phenoxy) is 1. The highest BCUT2D eigenvalue weighted by molar-refractivity contribution is 7.88. The summed E-state index contributed by atoms with van der Waals surface area (Å²) < 4.78 is 32.1. The molecule has 10 heteroatoms. The van der Waals surface area contributed by atoms with Crippen LogP contribution < -0.4 is 4.90 Å². The molecule has 0 aliphatic carbocycles. The van der Waals surface area contributed by atoms with E-state index in [-0.39, 0.29) is 11.6 Å². The lowest BCUT2D eigenvalue weighted by Gasteiger charge is -2.48. The highest BCUT2D eigenvalue weighted by Gasteiger charge is 2.43. The number of hydrogen-bond donors (Lipinski definition) is 1. The van der Waals surface area contributed by atoms with Gasteiger partial charge in [-0.3, -0.25) is 0 Å². The Morgan fingerprint density at radius 1 is 1.33 bits per heavy atom. The Hall–Kier alpha value is -1.78. The van der Waals surface area contributed by atoms with E-state index in [0.717, 1.165) is 50.1 Å². The summed E-state index contributed by atoms with van der Waals surface area (Å²) in [4.78, 5) is 18.2. The SMILES string of the molecule is CCN(C1CCOC2(CCN(c3ncnc4nc[nH]c34)CC2)C1)S(C)(=O)=O. The third-order valence-electron chi connectivity index (χ3n) is 5.79. The van der Waals surface area contributed by atoms with Crippen molar-refractivity contribution < 1.29 is 13.2 Å². The second-order valence-corrected chi connectivity index (χ2v) is 9.36. The van der Waals surface area contributed by atoms with Crippen molar-refractivity contribution in [2.75, 3.05) is 37.4 Å². The molecule has 27 heavy (non-hydrogen) atoms. The molecule has 0 aromatic carbocycles. The van der Waals surface area contributed by atoms with Gasteiger partial charge in [-0.2, -0.15) is 4.31 Å². The van der Waals surface area contributed by atoms with Gasteiger partial charge in [0.15, 0.2) is 11.5 Å². The van der Waals surface area contributed by atoms with Gasteiger partial charge in [0.05, 0.1) is 18.2 Å². The van der Waals surface area contributed by atoms with Crippen LogP contribution in [0.3, 0.4) is 0 Å². The van der Waals surface area contributed by atoms with Crippen LogP contribution in [0.2, 0.25) is 0 Å². The van der Waals surface area contributed by atoms with Gasteiger partial charge in [0.25, 0.3) is 0 Å². The highest BCUT2D eigenvalue weighted by atomic mass is 32.2. The molecule has 1 spiro atoms. The average molecular weight is 395 g/mol. The molecule has 2 saturated heterocycles. The molecular formula is C17H26N6O3S. The van der Waals surface area contributed by atoms with Crippen molar-refractivity contribution in [3.63, 3.8) is 0 Å². The van der Waals surface area contributed by atoms with Crippen LogP contribution in [0.4, 0.5) is 5.82 Å². The van der Waals surface area contributed by atoms with Gasteiger partial charge >= 0.3 is 0 Å². The topological polar surface area (TPSA) is 104 Å². The number of fused-ring (bicyclic) bond motifs is 1. The number of imidazole rings is 1. The number of nitrogens with one attached hydrogen (secondary N) is 1. The number of rotatable bonds is 4. The van der Waals surface area contributed by atoms with Gasteiger partial charge in [0.2, 0.25) is 10.0 Å². The molecule has 2 fully saturated rings. The first-order valence-electron chi connectivity index (χ1n) is 9.42. The van der Waals surface area contributed by atoms with E-state index in [0.29, 0.717) is 18.8 Å². The molecule has 4 rings (SSSR count). The predicted octanol–water partition coefficient (Wildman–Crippen LogP) is 1.15. The Kier molecular flexibility index (Phi) is 4.81. The van der Waals surface area contributed by atoms with E-state index in [4.69, 9.17) is 4.74 Å². The zero-order valence-corrected chi connectivity index (χ0v) is 16.6. The number of nitrogens with zero attached hydrogens (tertiary/aromatic N) is 5. The largest absolute Gasteiger partial charge is 0.375 e. The molecular weight excluding hydrogens is 368 g/mol. The zero-order chi connectivity index (χ0) is 19.1. The molecule has 1 atom stereocenters. The van der Waals surface area contributed by atoms with E-state index in [9.17, 15) is 8.42 Å². The van der Waals surface area contributed by atoms with Crippen LogP contribution in [0.25, 0.3) is 11.2 Å². The Bertz CT molecular complexity index is 906. The van der Waals surface area contributed by atoms with Crippen molar-refractivity contribution in [3.8, 4) is 0 Å². The van der Waals surface area contributed by atoms with Crippen molar-refractivity contribution in [2.24, 2.45) is 0 Å². The summed E-state index contributed by atoms with van der Waals surface area (Å²) in [5, 5.41) is 0. The lowest BCUT2D eigenvalue weighted by molar-refractivity contribution is -0.109. The lowest BCUT2D eigenvalue weighted by Crippen LogP contribution is -2.54. The number of aromatic amines is 1. The predicted molar refractivity (Wildman–Crippen MR) is 102 cm³/mol. The van der Waals surface area contributed by atoms with E-state index in [1.54, 1.807) is 17.0 Å². The molecule has 2 aromatic heterocycles. The minimum atomic E-state index is -3.20. The maximum atomic E-state index is 12.1. The second kappa shape index (κ2) is 6.99. The summed E-state index contributed by atoms with van der Waals surface area (Å²) in [6.45, 7) is 4.63. The van der Waals surface area contributed by atoms with E-state index >= 15 is 0 Å². The van der Waals surface area contributed by atoms with Gasteiger partial charge in [0, 0.05) is 32.3 Å². The van der Waals surface area contributed by atoms with Crippen molar-refractivity contribution >= 4 is 27.0 Å². The Labute approximate surface area is 159 Å². The van der Waals surface area contributed by atoms with Crippen LogP contribution in [0, 0.1) is 0 Å². The minimum absolute atomic E-state index is 0.0173. The maximum absolute atomic E-state index is 12.1. The summed E-state index contributed by atoms with van der Waals surface area (Å²) in [6.07, 6.45) is 7.69. The number of aromatic nitrogens is 4. The van der Waals surface area contributed by atoms with E-state index in [2.05, 4.69) is 24.8 Å². The number of piperidine rings is 1. The fourth-order valence-corrected chi connectivity index (χ4v) is 5.67. The normalized spacial score (nSPS) is 23.4. The molecule has 2 aromatic rings. The van der Waals surface area contributed by atoms with E-state index in [1.165, 1.54) is 6.26 Å². The third kappa shape index (κ3) is 3.53. The van der Waals surface area contributed by atoms with Crippen molar-refractivity contribution in [2.45, 2.75) is 44.2 Å². The van der Waals surface area contributed by atoms with Crippen LogP contribution in [0.5, 0.6) is 0 Å². The molecule has 0 radical (unpaired) electrons. The highest BCUT2D eigenvalue weighted by Crippen LogP contribution is 2.38. The summed E-state index contributed by atoms with van der Waals surface area (Å²) in [7, 11) is -3.20. The van der Waals surface area contributed by atoms with Gasteiger partial charge in [-0.15, -0.1) is 0 Å². The van der Waals surface area contributed by atoms with Gasteiger partial charge in [-0.1, -0.05) is 6.92 Å². The summed E-state index contributed by atoms with van der Waals surface area (Å²) in [6, 6.07) is 0.0173. The number of anilines is 1. The molecule has 2 aliphatic heterocycles.